The number of aromatic amines is 1. The van der Waals surface area contributed by atoms with Crippen LogP contribution in [0.5, 0.6) is 0 Å². The van der Waals surface area contributed by atoms with Gasteiger partial charge in [-0.25, -0.2) is 12.7 Å². The summed E-state index contributed by atoms with van der Waals surface area (Å²) in [5.74, 6) is 0.419. The van der Waals surface area contributed by atoms with E-state index >= 15 is 0 Å². The van der Waals surface area contributed by atoms with E-state index in [1.165, 1.54) is 30.8 Å². The smallest absolute Gasteiger partial charge is 0.242 e. The monoisotopic (exact) mass is 326 g/mol. The van der Waals surface area contributed by atoms with Crippen molar-refractivity contribution in [1.29, 1.82) is 0 Å². The van der Waals surface area contributed by atoms with E-state index in [9.17, 15) is 13.2 Å². The minimum absolute atomic E-state index is 0.0509. The summed E-state index contributed by atoms with van der Waals surface area (Å²) in [6, 6.07) is 6.33. The fourth-order valence-electron chi connectivity index (χ4n) is 1.79. The quantitative estimate of drug-likeness (QED) is 0.655. The molecule has 21 heavy (non-hydrogen) atoms. The van der Waals surface area contributed by atoms with Crippen LogP contribution in [0.3, 0.4) is 0 Å². The van der Waals surface area contributed by atoms with Crippen LogP contribution in [0.25, 0.3) is 11.4 Å². The standard InChI is InChI=1S/C12H14N4O3S2/c1-15(2)21(18,19)10-5-3-4-9(8-10)11-13-14-12(20)16(11)6-7-17/h3-5,7-8H,6H2,1-2H3,(H,14,20). The second kappa shape index (κ2) is 5.88. The van der Waals surface area contributed by atoms with Gasteiger partial charge in [0.25, 0.3) is 0 Å². The van der Waals surface area contributed by atoms with Crippen LogP contribution in [0, 0.1) is 4.77 Å². The van der Waals surface area contributed by atoms with Gasteiger partial charge in [-0.3, -0.25) is 9.67 Å². The Kier molecular flexibility index (Phi) is 4.35. The van der Waals surface area contributed by atoms with Crippen molar-refractivity contribution in [3.8, 4) is 11.4 Å². The molecule has 0 atom stereocenters. The van der Waals surface area contributed by atoms with Crippen molar-refractivity contribution >= 4 is 28.5 Å². The highest BCUT2D eigenvalue weighted by Crippen LogP contribution is 2.22. The van der Waals surface area contributed by atoms with E-state index in [4.69, 9.17) is 12.2 Å². The summed E-state index contributed by atoms with van der Waals surface area (Å²) in [4.78, 5) is 10.9. The Morgan fingerprint density at radius 1 is 1.43 bits per heavy atom. The van der Waals surface area contributed by atoms with Crippen LogP contribution in [-0.4, -0.2) is 47.9 Å². The SMILES string of the molecule is CN(C)S(=O)(=O)c1cccc(-c2n[nH]c(=S)n2CC=O)c1. The molecule has 9 heteroatoms. The summed E-state index contributed by atoms with van der Waals surface area (Å²) in [6.45, 7) is 0.0509. The molecule has 0 unspecified atom stereocenters. The van der Waals surface area contributed by atoms with Gasteiger partial charge in [-0.15, -0.1) is 0 Å². The first-order chi connectivity index (χ1) is 9.87. The number of carbonyl (C=O) groups excluding carboxylic acids is 1. The summed E-state index contributed by atoms with van der Waals surface area (Å²) in [7, 11) is -0.610. The van der Waals surface area contributed by atoms with Gasteiger partial charge in [0.2, 0.25) is 10.0 Å². The molecule has 0 amide bonds. The van der Waals surface area contributed by atoms with E-state index in [1.54, 1.807) is 12.1 Å². The van der Waals surface area contributed by atoms with Gasteiger partial charge in [0.05, 0.1) is 11.4 Å². The average molecular weight is 326 g/mol. The molecule has 0 aliphatic carbocycles. The minimum atomic E-state index is -3.54. The Balaban J connectivity index is 2.58. The lowest BCUT2D eigenvalue weighted by Gasteiger charge is -2.12. The molecule has 2 aromatic rings. The van der Waals surface area contributed by atoms with Gasteiger partial charge in [0.15, 0.2) is 10.6 Å². The van der Waals surface area contributed by atoms with Gasteiger partial charge < -0.3 is 4.79 Å². The summed E-state index contributed by atoms with van der Waals surface area (Å²) in [6.07, 6.45) is 0.704. The zero-order valence-corrected chi connectivity index (χ0v) is 13.1. The van der Waals surface area contributed by atoms with Gasteiger partial charge in [0, 0.05) is 19.7 Å². The Morgan fingerprint density at radius 2 is 2.14 bits per heavy atom. The second-order valence-electron chi connectivity index (χ2n) is 4.44. The Hall–Kier alpha value is -1.84. The van der Waals surface area contributed by atoms with Gasteiger partial charge in [-0.2, -0.15) is 5.10 Å². The highest BCUT2D eigenvalue weighted by Gasteiger charge is 2.18. The van der Waals surface area contributed by atoms with Crippen molar-refractivity contribution in [2.24, 2.45) is 0 Å². The molecule has 0 aliphatic heterocycles. The number of hydrogen-bond donors (Lipinski definition) is 1. The predicted octanol–water partition coefficient (Wildman–Crippen LogP) is 1.06. The number of benzene rings is 1. The molecule has 0 radical (unpaired) electrons. The highest BCUT2D eigenvalue weighted by molar-refractivity contribution is 7.89. The summed E-state index contributed by atoms with van der Waals surface area (Å²) in [5, 5.41) is 6.65. The van der Waals surface area contributed by atoms with Gasteiger partial charge >= 0.3 is 0 Å². The molecule has 0 spiro atoms. The first kappa shape index (κ1) is 15.5. The Bertz CT molecular complexity index is 821. The third kappa shape index (κ3) is 2.94. The predicted molar refractivity (Wildman–Crippen MR) is 79.8 cm³/mol. The molecule has 1 aromatic heterocycles. The lowest BCUT2D eigenvalue weighted by molar-refractivity contribution is -0.108. The van der Waals surface area contributed by atoms with E-state index in [1.807, 2.05) is 0 Å². The molecule has 1 N–H and O–H groups in total. The molecule has 0 bridgehead atoms. The van der Waals surface area contributed by atoms with E-state index in [0.717, 1.165) is 4.31 Å². The van der Waals surface area contributed by atoms with Crippen LogP contribution < -0.4 is 0 Å². The van der Waals surface area contributed by atoms with E-state index < -0.39 is 10.0 Å². The van der Waals surface area contributed by atoms with Crippen LogP contribution in [0.4, 0.5) is 0 Å². The number of rotatable bonds is 5. The number of aromatic nitrogens is 3. The molecular formula is C12H14N4O3S2. The number of hydrogen-bond acceptors (Lipinski definition) is 5. The van der Waals surface area contributed by atoms with Crippen molar-refractivity contribution < 1.29 is 13.2 Å². The number of H-pyrrole nitrogens is 1. The van der Waals surface area contributed by atoms with Gasteiger partial charge in [-0.05, 0) is 24.4 Å². The van der Waals surface area contributed by atoms with Crippen molar-refractivity contribution in [2.45, 2.75) is 11.4 Å². The average Bonchev–Trinajstić information content (AvgIpc) is 2.81. The molecule has 0 saturated carbocycles. The zero-order chi connectivity index (χ0) is 15.6. The number of nitrogens with one attached hydrogen (secondary N) is 1. The lowest BCUT2D eigenvalue weighted by atomic mass is 10.2. The van der Waals surface area contributed by atoms with Crippen LogP contribution in [0.15, 0.2) is 29.2 Å². The van der Waals surface area contributed by atoms with Crippen LogP contribution >= 0.6 is 12.2 Å². The Labute approximate surface area is 127 Å². The topological polar surface area (TPSA) is 88.1 Å². The third-order valence-electron chi connectivity index (χ3n) is 2.89. The van der Waals surface area contributed by atoms with Crippen molar-refractivity contribution in [3.63, 3.8) is 0 Å². The molecule has 112 valence electrons. The molecule has 0 aliphatic rings. The second-order valence-corrected chi connectivity index (χ2v) is 6.98. The molecule has 1 aromatic carbocycles. The summed E-state index contributed by atoms with van der Waals surface area (Å²) in [5.41, 5.74) is 0.562. The zero-order valence-electron chi connectivity index (χ0n) is 11.5. The maximum absolute atomic E-state index is 12.1. The van der Waals surface area contributed by atoms with Gasteiger partial charge in [-0.1, -0.05) is 12.1 Å². The minimum Gasteiger partial charge on any atom is -0.301 e. The number of aldehydes is 1. The number of nitrogens with zero attached hydrogens (tertiary/aromatic N) is 3. The molecule has 7 nitrogen and oxygen atoms in total. The maximum Gasteiger partial charge on any atom is 0.242 e. The molecule has 0 fully saturated rings. The van der Waals surface area contributed by atoms with Crippen molar-refractivity contribution in [2.75, 3.05) is 14.1 Å². The maximum atomic E-state index is 12.1. The van der Waals surface area contributed by atoms with E-state index in [2.05, 4.69) is 10.2 Å². The summed E-state index contributed by atoms with van der Waals surface area (Å²) >= 11 is 5.05. The van der Waals surface area contributed by atoms with E-state index in [-0.39, 0.29) is 11.4 Å². The molecular weight excluding hydrogens is 312 g/mol. The van der Waals surface area contributed by atoms with E-state index in [0.29, 0.717) is 22.4 Å². The fraction of sp³-hybridized carbons (Fsp3) is 0.250. The lowest BCUT2D eigenvalue weighted by Crippen LogP contribution is -2.22. The number of carbonyl (C=O) groups is 1. The first-order valence-electron chi connectivity index (χ1n) is 5.99. The Morgan fingerprint density at radius 3 is 2.76 bits per heavy atom. The first-order valence-corrected chi connectivity index (χ1v) is 7.84. The van der Waals surface area contributed by atoms with Crippen molar-refractivity contribution in [1.82, 2.24) is 19.1 Å². The largest absolute Gasteiger partial charge is 0.301 e. The number of sulfonamides is 1. The van der Waals surface area contributed by atoms with Gasteiger partial charge in [0.1, 0.15) is 6.29 Å². The van der Waals surface area contributed by atoms with Crippen molar-refractivity contribution in [3.05, 3.63) is 29.0 Å². The molecule has 0 saturated heterocycles. The fourth-order valence-corrected chi connectivity index (χ4v) is 2.94. The molecule has 1 heterocycles. The van der Waals surface area contributed by atoms with Crippen LogP contribution in [0.2, 0.25) is 0 Å². The summed E-state index contributed by atoms with van der Waals surface area (Å²) < 4.78 is 27.2. The highest BCUT2D eigenvalue weighted by atomic mass is 32.2. The van der Waals surface area contributed by atoms with Crippen LogP contribution in [-0.2, 0) is 21.4 Å². The third-order valence-corrected chi connectivity index (χ3v) is 5.01. The van der Waals surface area contributed by atoms with Crippen LogP contribution in [0.1, 0.15) is 0 Å². The molecule has 2 rings (SSSR count). The normalized spacial score (nSPS) is 11.8.